The number of halogens is 2. The Balaban J connectivity index is 1.90. The van der Waals surface area contributed by atoms with Gasteiger partial charge in [-0.3, -0.25) is 4.79 Å². The van der Waals surface area contributed by atoms with E-state index in [1.807, 2.05) is 37.2 Å². The van der Waals surface area contributed by atoms with Crippen molar-refractivity contribution in [1.82, 2.24) is 9.80 Å². The number of rotatable bonds is 6. The summed E-state index contributed by atoms with van der Waals surface area (Å²) in [5.74, 6) is -0.317. The van der Waals surface area contributed by atoms with Gasteiger partial charge in [-0.05, 0) is 48.2 Å². The number of nitrogens with zero attached hydrogens (tertiary/aromatic N) is 2. The minimum absolute atomic E-state index is 0.192. The summed E-state index contributed by atoms with van der Waals surface area (Å²) in [5.41, 5.74) is 1.12. The van der Waals surface area contributed by atoms with Gasteiger partial charge in [0.25, 0.3) is 5.91 Å². The molecule has 136 valence electrons. The molecule has 0 radical (unpaired) electrons. The van der Waals surface area contributed by atoms with Gasteiger partial charge in [-0.25, -0.2) is 4.39 Å². The minimum Gasteiger partial charge on any atom is -0.450 e. The van der Waals surface area contributed by atoms with E-state index >= 15 is 0 Å². The molecule has 1 heterocycles. The molecule has 0 aliphatic heterocycles. The molecule has 0 saturated heterocycles. The third-order valence-electron chi connectivity index (χ3n) is 4.13. The maximum Gasteiger partial charge on any atom is 0.289 e. The lowest BCUT2D eigenvalue weighted by atomic mass is 10.2. The van der Waals surface area contributed by atoms with E-state index in [1.54, 1.807) is 29.2 Å². The molecular weight excluding hydrogens is 399 g/mol. The Morgan fingerprint density at radius 3 is 2.58 bits per heavy atom. The van der Waals surface area contributed by atoms with Crippen molar-refractivity contribution in [3.63, 3.8) is 0 Å². The highest BCUT2D eigenvalue weighted by atomic mass is 79.9. The second kappa shape index (κ2) is 8.01. The van der Waals surface area contributed by atoms with E-state index in [0.717, 1.165) is 9.86 Å². The van der Waals surface area contributed by atoms with Gasteiger partial charge in [0, 0.05) is 30.6 Å². The SMILES string of the molecule is CN(C)CCN(Cc1ccccc1F)C(=O)c1cc2cccc(Br)c2o1. The van der Waals surface area contributed by atoms with Gasteiger partial charge in [-0.15, -0.1) is 0 Å². The Hall–Kier alpha value is -2.18. The van der Waals surface area contributed by atoms with Crippen LogP contribution in [0.4, 0.5) is 4.39 Å². The van der Waals surface area contributed by atoms with Gasteiger partial charge in [0.1, 0.15) is 11.4 Å². The molecule has 0 unspecified atom stereocenters. The van der Waals surface area contributed by atoms with Crippen LogP contribution in [0.1, 0.15) is 16.1 Å². The highest BCUT2D eigenvalue weighted by molar-refractivity contribution is 9.10. The third-order valence-corrected chi connectivity index (χ3v) is 4.75. The van der Waals surface area contributed by atoms with Crippen molar-refractivity contribution in [2.75, 3.05) is 27.2 Å². The fourth-order valence-electron chi connectivity index (χ4n) is 2.69. The van der Waals surface area contributed by atoms with Crippen LogP contribution in [0.3, 0.4) is 0 Å². The van der Waals surface area contributed by atoms with Crippen LogP contribution in [0.2, 0.25) is 0 Å². The number of hydrogen-bond acceptors (Lipinski definition) is 3. The van der Waals surface area contributed by atoms with Crippen molar-refractivity contribution in [3.05, 3.63) is 70.1 Å². The first-order valence-electron chi connectivity index (χ1n) is 8.31. The van der Waals surface area contributed by atoms with E-state index in [1.165, 1.54) is 6.07 Å². The average Bonchev–Trinajstić information content (AvgIpc) is 3.05. The molecule has 1 amide bonds. The molecule has 1 aromatic heterocycles. The first-order valence-corrected chi connectivity index (χ1v) is 9.10. The van der Waals surface area contributed by atoms with Crippen LogP contribution in [0.15, 0.2) is 57.4 Å². The zero-order valence-electron chi connectivity index (χ0n) is 14.7. The lowest BCUT2D eigenvalue weighted by molar-refractivity contribution is 0.0700. The molecule has 0 aliphatic carbocycles. The van der Waals surface area contributed by atoms with Gasteiger partial charge in [0.2, 0.25) is 0 Å². The summed E-state index contributed by atoms with van der Waals surface area (Å²) < 4.78 is 20.6. The first kappa shape index (κ1) is 18.6. The molecule has 26 heavy (non-hydrogen) atoms. The molecule has 0 spiro atoms. The molecule has 4 nitrogen and oxygen atoms in total. The minimum atomic E-state index is -0.317. The number of benzene rings is 2. The van der Waals surface area contributed by atoms with Gasteiger partial charge in [0.05, 0.1) is 4.47 Å². The predicted molar refractivity (Wildman–Crippen MR) is 104 cm³/mol. The number of furan rings is 1. The number of hydrogen-bond donors (Lipinski definition) is 0. The Bertz CT molecular complexity index is 923. The highest BCUT2D eigenvalue weighted by Gasteiger charge is 2.22. The zero-order chi connectivity index (χ0) is 18.7. The normalized spacial score (nSPS) is 11.3. The Kier molecular flexibility index (Phi) is 5.74. The second-order valence-corrected chi connectivity index (χ2v) is 7.24. The maximum absolute atomic E-state index is 14.1. The molecule has 6 heteroatoms. The smallest absolute Gasteiger partial charge is 0.289 e. The van der Waals surface area contributed by atoms with E-state index in [2.05, 4.69) is 15.9 Å². The summed E-state index contributed by atoms with van der Waals surface area (Å²) in [4.78, 5) is 16.6. The fraction of sp³-hybridized carbons (Fsp3) is 0.250. The molecular formula is C20H20BrFN2O2. The summed E-state index contributed by atoms with van der Waals surface area (Å²) in [7, 11) is 3.87. The van der Waals surface area contributed by atoms with Gasteiger partial charge < -0.3 is 14.2 Å². The highest BCUT2D eigenvalue weighted by Crippen LogP contribution is 2.28. The Labute approximate surface area is 160 Å². The molecule has 3 aromatic rings. The van der Waals surface area contributed by atoms with Crippen LogP contribution in [-0.4, -0.2) is 42.9 Å². The lowest BCUT2D eigenvalue weighted by Gasteiger charge is -2.24. The van der Waals surface area contributed by atoms with Crippen molar-refractivity contribution in [3.8, 4) is 0 Å². The van der Waals surface area contributed by atoms with E-state index in [9.17, 15) is 9.18 Å². The van der Waals surface area contributed by atoms with Crippen LogP contribution in [0, 0.1) is 5.82 Å². The first-order chi connectivity index (χ1) is 12.5. The van der Waals surface area contributed by atoms with Crippen LogP contribution in [0.25, 0.3) is 11.0 Å². The molecule has 0 fully saturated rings. The maximum atomic E-state index is 14.1. The van der Waals surface area contributed by atoms with Crippen molar-refractivity contribution in [2.45, 2.75) is 6.54 Å². The van der Waals surface area contributed by atoms with Crippen molar-refractivity contribution in [1.29, 1.82) is 0 Å². The molecule has 0 atom stereocenters. The van der Waals surface area contributed by atoms with Gasteiger partial charge in [-0.2, -0.15) is 0 Å². The standard InChI is InChI=1S/C20H20BrFN2O2/c1-23(2)10-11-24(13-15-6-3-4-9-17(15)22)20(25)18-12-14-7-5-8-16(21)19(14)26-18/h3-9,12H,10-11,13H2,1-2H3. The Morgan fingerprint density at radius 1 is 1.12 bits per heavy atom. The molecule has 0 N–H and O–H groups in total. The van der Waals surface area contributed by atoms with Crippen molar-refractivity contribution in [2.24, 2.45) is 0 Å². The van der Waals surface area contributed by atoms with Gasteiger partial charge in [-0.1, -0.05) is 30.3 Å². The number of para-hydroxylation sites is 1. The molecule has 2 aromatic carbocycles. The van der Waals surface area contributed by atoms with Crippen LogP contribution >= 0.6 is 15.9 Å². The van der Waals surface area contributed by atoms with E-state index in [4.69, 9.17) is 4.42 Å². The topological polar surface area (TPSA) is 36.7 Å². The summed E-state index contributed by atoms with van der Waals surface area (Å²) in [6.07, 6.45) is 0. The number of fused-ring (bicyclic) bond motifs is 1. The number of amides is 1. The van der Waals surface area contributed by atoms with Crippen molar-refractivity contribution < 1.29 is 13.6 Å². The van der Waals surface area contributed by atoms with Gasteiger partial charge in [0.15, 0.2) is 5.76 Å². The van der Waals surface area contributed by atoms with Crippen molar-refractivity contribution >= 4 is 32.8 Å². The monoisotopic (exact) mass is 418 g/mol. The van der Waals surface area contributed by atoms with Crippen LogP contribution in [0.5, 0.6) is 0 Å². The summed E-state index contributed by atoms with van der Waals surface area (Å²) >= 11 is 3.43. The second-order valence-electron chi connectivity index (χ2n) is 6.39. The van der Waals surface area contributed by atoms with Crippen LogP contribution in [-0.2, 0) is 6.54 Å². The molecule has 0 bridgehead atoms. The number of likely N-dealkylation sites (N-methyl/N-ethyl adjacent to an activating group) is 1. The molecule has 0 aliphatic rings. The summed E-state index contributed by atoms with van der Waals surface area (Å²) in [6.45, 7) is 1.33. The zero-order valence-corrected chi connectivity index (χ0v) is 16.3. The fourth-order valence-corrected chi connectivity index (χ4v) is 3.16. The number of carbonyl (C=O) groups excluding carboxylic acids is 1. The quantitative estimate of drug-likeness (QED) is 0.589. The Morgan fingerprint density at radius 2 is 1.88 bits per heavy atom. The molecule has 0 saturated carbocycles. The van der Waals surface area contributed by atoms with E-state index in [0.29, 0.717) is 24.2 Å². The molecule has 3 rings (SSSR count). The van der Waals surface area contributed by atoms with Gasteiger partial charge >= 0.3 is 0 Å². The third kappa shape index (κ3) is 4.14. The summed E-state index contributed by atoms with van der Waals surface area (Å²) in [5, 5.41) is 0.848. The summed E-state index contributed by atoms with van der Waals surface area (Å²) in [6, 6.07) is 13.9. The average molecular weight is 419 g/mol. The predicted octanol–water partition coefficient (Wildman–Crippen LogP) is 4.54. The lowest BCUT2D eigenvalue weighted by Crippen LogP contribution is -2.36. The largest absolute Gasteiger partial charge is 0.450 e. The van der Waals surface area contributed by atoms with E-state index < -0.39 is 0 Å². The van der Waals surface area contributed by atoms with E-state index in [-0.39, 0.29) is 24.0 Å². The van der Waals surface area contributed by atoms with Crippen LogP contribution < -0.4 is 0 Å². The number of carbonyl (C=O) groups is 1.